The molecule has 5 heteroatoms. The van der Waals surface area contributed by atoms with Crippen molar-refractivity contribution in [3.63, 3.8) is 0 Å². The summed E-state index contributed by atoms with van der Waals surface area (Å²) in [5.41, 5.74) is 1.98. The van der Waals surface area contributed by atoms with Gasteiger partial charge in [-0.15, -0.1) is 0 Å². The maximum atomic E-state index is 12.2. The highest BCUT2D eigenvalue weighted by atomic mass is 16.6. The van der Waals surface area contributed by atoms with Gasteiger partial charge in [0, 0.05) is 38.0 Å². The fourth-order valence-electron chi connectivity index (χ4n) is 3.37. The number of carbonyl (C=O) groups excluding carboxylic acids is 2. The van der Waals surface area contributed by atoms with Gasteiger partial charge in [-0.25, -0.2) is 4.79 Å². The van der Waals surface area contributed by atoms with Gasteiger partial charge >= 0.3 is 6.09 Å². The van der Waals surface area contributed by atoms with E-state index in [1.807, 2.05) is 29.2 Å². The summed E-state index contributed by atoms with van der Waals surface area (Å²) in [6, 6.07) is 7.84. The molecule has 0 aromatic heterocycles. The second-order valence-electron chi connectivity index (χ2n) is 7.87. The van der Waals surface area contributed by atoms with E-state index >= 15 is 0 Å². The molecule has 1 aromatic rings. The van der Waals surface area contributed by atoms with Gasteiger partial charge in [-0.1, -0.05) is 38.8 Å². The van der Waals surface area contributed by atoms with Crippen molar-refractivity contribution in [2.45, 2.75) is 64.4 Å². The first kappa shape index (κ1) is 18.7. The second-order valence-corrected chi connectivity index (χ2v) is 7.87. The first-order chi connectivity index (χ1) is 12.5. The van der Waals surface area contributed by atoms with Gasteiger partial charge in [0.25, 0.3) is 0 Å². The number of hydrogen-bond donors (Lipinski definition) is 1. The van der Waals surface area contributed by atoms with E-state index in [4.69, 9.17) is 4.74 Å². The molecule has 1 saturated carbocycles. The second kappa shape index (κ2) is 8.56. The number of amides is 2. The van der Waals surface area contributed by atoms with Crippen LogP contribution in [0.1, 0.15) is 63.9 Å². The summed E-state index contributed by atoms with van der Waals surface area (Å²) in [5.74, 6) is 1.51. The molecule has 1 aliphatic carbocycles. The Hall–Kier alpha value is -2.04. The van der Waals surface area contributed by atoms with Crippen LogP contribution in [0, 0.1) is 5.92 Å². The highest BCUT2D eigenvalue weighted by molar-refractivity contribution is 5.84. The Labute approximate surface area is 156 Å². The molecule has 0 atom stereocenters. The van der Waals surface area contributed by atoms with E-state index in [-0.39, 0.29) is 12.0 Å². The van der Waals surface area contributed by atoms with Crippen molar-refractivity contribution in [1.29, 1.82) is 0 Å². The van der Waals surface area contributed by atoms with Crippen molar-refractivity contribution in [3.05, 3.63) is 29.8 Å². The van der Waals surface area contributed by atoms with E-state index in [1.54, 1.807) is 0 Å². The summed E-state index contributed by atoms with van der Waals surface area (Å²) in [6.45, 7) is 5.65. The van der Waals surface area contributed by atoms with Gasteiger partial charge in [0.15, 0.2) is 0 Å². The number of carbonyl (C=O) groups is 2. The van der Waals surface area contributed by atoms with Crippen LogP contribution >= 0.6 is 0 Å². The summed E-state index contributed by atoms with van der Waals surface area (Å²) in [7, 11) is 0. The summed E-state index contributed by atoms with van der Waals surface area (Å²) in [4.78, 5) is 26.2. The number of anilines is 1. The van der Waals surface area contributed by atoms with Gasteiger partial charge in [0.2, 0.25) is 5.91 Å². The lowest BCUT2D eigenvalue weighted by Gasteiger charge is -2.31. The van der Waals surface area contributed by atoms with Crippen LogP contribution in [0.5, 0.6) is 0 Å². The number of hydrogen-bond acceptors (Lipinski definition) is 3. The predicted molar refractivity (Wildman–Crippen MR) is 102 cm³/mol. The standard InChI is InChI=1S/C21H30N2O3/c1-15(2)17-6-8-18(9-7-17)22-21(25)26-19-11-13-23(14-12-19)20(24)10-5-16-3-4-16/h6-9,15-16,19H,3-5,10-14H2,1-2H3,(H,22,25). The summed E-state index contributed by atoms with van der Waals surface area (Å²) >= 11 is 0. The molecule has 1 aromatic carbocycles. The number of ether oxygens (including phenoxy) is 1. The van der Waals surface area contributed by atoms with E-state index in [0.717, 1.165) is 30.9 Å². The van der Waals surface area contributed by atoms with E-state index in [1.165, 1.54) is 18.4 Å². The van der Waals surface area contributed by atoms with Crippen molar-refractivity contribution in [1.82, 2.24) is 4.90 Å². The van der Waals surface area contributed by atoms with Crippen molar-refractivity contribution in [2.24, 2.45) is 5.92 Å². The van der Waals surface area contributed by atoms with Crippen LogP contribution in [-0.4, -0.2) is 36.1 Å². The zero-order valence-corrected chi connectivity index (χ0v) is 15.9. The molecule has 2 fully saturated rings. The van der Waals surface area contributed by atoms with Crippen LogP contribution in [0.4, 0.5) is 10.5 Å². The topological polar surface area (TPSA) is 58.6 Å². The van der Waals surface area contributed by atoms with Gasteiger partial charge in [0.05, 0.1) is 0 Å². The van der Waals surface area contributed by atoms with Crippen molar-refractivity contribution >= 4 is 17.7 Å². The quantitative estimate of drug-likeness (QED) is 0.812. The molecule has 1 N–H and O–H groups in total. The SMILES string of the molecule is CC(C)c1ccc(NC(=O)OC2CCN(C(=O)CCC3CC3)CC2)cc1. The van der Waals surface area contributed by atoms with Gasteiger partial charge in [-0.05, 0) is 36.0 Å². The number of likely N-dealkylation sites (tertiary alicyclic amines) is 1. The molecule has 142 valence electrons. The Balaban J connectivity index is 1.38. The summed E-state index contributed by atoms with van der Waals surface area (Å²) < 4.78 is 5.52. The lowest BCUT2D eigenvalue weighted by atomic mass is 10.0. The fourth-order valence-corrected chi connectivity index (χ4v) is 3.37. The highest BCUT2D eigenvalue weighted by Crippen LogP contribution is 2.33. The van der Waals surface area contributed by atoms with Crippen LogP contribution in [0.25, 0.3) is 0 Å². The zero-order chi connectivity index (χ0) is 18.5. The Morgan fingerprint density at radius 1 is 1.12 bits per heavy atom. The molecule has 5 nitrogen and oxygen atoms in total. The van der Waals surface area contributed by atoms with Gasteiger partial charge < -0.3 is 9.64 Å². The maximum Gasteiger partial charge on any atom is 0.411 e. The fraction of sp³-hybridized carbons (Fsp3) is 0.619. The first-order valence-electron chi connectivity index (χ1n) is 9.86. The van der Waals surface area contributed by atoms with Crippen LogP contribution in [0.3, 0.4) is 0 Å². The molecule has 2 amide bonds. The minimum Gasteiger partial charge on any atom is -0.446 e. The minimum absolute atomic E-state index is 0.114. The molecule has 0 spiro atoms. The van der Waals surface area contributed by atoms with E-state index in [0.29, 0.717) is 25.4 Å². The molecule has 3 rings (SSSR count). The number of nitrogens with zero attached hydrogens (tertiary/aromatic N) is 1. The van der Waals surface area contributed by atoms with Crippen LogP contribution in [0.2, 0.25) is 0 Å². The molecular weight excluding hydrogens is 328 g/mol. The molecule has 0 bridgehead atoms. The third-order valence-electron chi connectivity index (χ3n) is 5.36. The average Bonchev–Trinajstić information content (AvgIpc) is 3.45. The van der Waals surface area contributed by atoms with Crippen LogP contribution < -0.4 is 5.32 Å². The smallest absolute Gasteiger partial charge is 0.411 e. The largest absolute Gasteiger partial charge is 0.446 e. The van der Waals surface area contributed by atoms with Crippen molar-refractivity contribution in [2.75, 3.05) is 18.4 Å². The zero-order valence-electron chi connectivity index (χ0n) is 15.9. The third kappa shape index (κ3) is 5.48. The van der Waals surface area contributed by atoms with Crippen molar-refractivity contribution < 1.29 is 14.3 Å². The maximum absolute atomic E-state index is 12.2. The highest BCUT2D eigenvalue weighted by Gasteiger charge is 2.27. The normalized spacial score (nSPS) is 18.0. The Morgan fingerprint density at radius 3 is 2.35 bits per heavy atom. The van der Waals surface area contributed by atoms with Gasteiger partial charge in [0.1, 0.15) is 6.10 Å². The van der Waals surface area contributed by atoms with E-state index < -0.39 is 6.09 Å². The molecule has 0 unspecified atom stereocenters. The van der Waals surface area contributed by atoms with Crippen LogP contribution in [0.15, 0.2) is 24.3 Å². The number of nitrogens with one attached hydrogen (secondary N) is 1. The monoisotopic (exact) mass is 358 g/mol. The summed E-state index contributed by atoms with van der Waals surface area (Å²) in [5, 5.41) is 2.79. The number of piperidine rings is 1. The molecule has 1 saturated heterocycles. The minimum atomic E-state index is -0.416. The van der Waals surface area contributed by atoms with E-state index in [2.05, 4.69) is 19.2 Å². The lowest BCUT2D eigenvalue weighted by Crippen LogP contribution is -2.41. The Kier molecular flexibility index (Phi) is 6.17. The summed E-state index contributed by atoms with van der Waals surface area (Å²) in [6.07, 6.45) is 5.19. The number of rotatable bonds is 6. The Bertz CT molecular complexity index is 615. The molecule has 0 radical (unpaired) electrons. The van der Waals surface area contributed by atoms with Crippen LogP contribution in [-0.2, 0) is 9.53 Å². The predicted octanol–water partition coefficient (Wildman–Crippen LogP) is 4.54. The van der Waals surface area contributed by atoms with Gasteiger partial charge in [-0.2, -0.15) is 0 Å². The number of benzene rings is 1. The van der Waals surface area contributed by atoms with E-state index in [9.17, 15) is 9.59 Å². The van der Waals surface area contributed by atoms with Crippen molar-refractivity contribution in [3.8, 4) is 0 Å². The molecule has 1 aliphatic heterocycles. The molecular formula is C21H30N2O3. The first-order valence-corrected chi connectivity index (χ1v) is 9.86. The van der Waals surface area contributed by atoms with Gasteiger partial charge in [-0.3, -0.25) is 10.1 Å². The molecule has 26 heavy (non-hydrogen) atoms. The molecule has 1 heterocycles. The third-order valence-corrected chi connectivity index (χ3v) is 5.36. The molecule has 2 aliphatic rings. The average molecular weight is 358 g/mol. The lowest BCUT2D eigenvalue weighted by molar-refractivity contribution is -0.133. The Morgan fingerprint density at radius 2 is 1.77 bits per heavy atom.